The molecule has 2 aromatic carbocycles. The summed E-state index contributed by atoms with van der Waals surface area (Å²) in [5, 5.41) is 21.3. The number of nitro benzene ring substituents is 1. The zero-order valence-corrected chi connectivity index (χ0v) is 18.3. The highest BCUT2D eigenvalue weighted by Gasteiger charge is 2.23. The molecule has 35 heavy (non-hydrogen) atoms. The van der Waals surface area contributed by atoms with E-state index < -0.39 is 28.2 Å². The van der Waals surface area contributed by atoms with Crippen LogP contribution in [0.3, 0.4) is 0 Å². The van der Waals surface area contributed by atoms with E-state index in [1.807, 2.05) is 0 Å². The standard InChI is InChI=1S/C22H19N5O8/c1-25-18-17(19(29)24-21(25)31)26(22(23-18)35-20(30)13-5-3-2-4-6-13)11-15(28)12-34-16-9-7-14(8-10-16)27(32)33/h2-10,15,28H,11-12H2,1H3,(H,24,29,31). The Morgan fingerprint density at radius 2 is 1.86 bits per heavy atom. The first kappa shape index (κ1) is 23.4. The normalized spacial score (nSPS) is 11.8. The van der Waals surface area contributed by atoms with Crippen molar-refractivity contribution in [2.45, 2.75) is 12.6 Å². The molecule has 2 aromatic heterocycles. The van der Waals surface area contributed by atoms with Gasteiger partial charge in [0.15, 0.2) is 11.2 Å². The molecule has 0 fully saturated rings. The van der Waals surface area contributed by atoms with Crippen LogP contribution < -0.4 is 20.7 Å². The van der Waals surface area contributed by atoms with Crippen molar-refractivity contribution in [1.82, 2.24) is 19.1 Å². The number of fused-ring (bicyclic) bond motifs is 1. The number of aromatic amines is 1. The van der Waals surface area contributed by atoms with E-state index >= 15 is 0 Å². The summed E-state index contributed by atoms with van der Waals surface area (Å²) in [6.45, 7) is -0.532. The number of ether oxygens (including phenoxy) is 2. The van der Waals surface area contributed by atoms with Gasteiger partial charge in [0.2, 0.25) is 0 Å². The number of nitrogens with one attached hydrogen (secondary N) is 1. The summed E-state index contributed by atoms with van der Waals surface area (Å²) in [5.74, 6) is -0.471. The highest BCUT2D eigenvalue weighted by molar-refractivity contribution is 5.91. The molecule has 0 aliphatic rings. The first-order valence-corrected chi connectivity index (χ1v) is 10.3. The van der Waals surface area contributed by atoms with Crippen molar-refractivity contribution in [3.8, 4) is 11.8 Å². The smallest absolute Gasteiger partial charge is 0.345 e. The van der Waals surface area contributed by atoms with Gasteiger partial charge in [-0.1, -0.05) is 18.2 Å². The van der Waals surface area contributed by atoms with Gasteiger partial charge >= 0.3 is 17.7 Å². The summed E-state index contributed by atoms with van der Waals surface area (Å²) in [5.41, 5.74) is -1.50. The van der Waals surface area contributed by atoms with Crippen LogP contribution in [-0.2, 0) is 13.6 Å². The van der Waals surface area contributed by atoms with Crippen LogP contribution in [0.1, 0.15) is 10.4 Å². The lowest BCUT2D eigenvalue weighted by atomic mass is 10.2. The second kappa shape index (κ2) is 9.61. The third-order valence-corrected chi connectivity index (χ3v) is 5.05. The van der Waals surface area contributed by atoms with Crippen LogP contribution in [-0.4, -0.2) is 47.8 Å². The van der Waals surface area contributed by atoms with Crippen LogP contribution >= 0.6 is 0 Å². The predicted octanol–water partition coefficient (Wildman–Crippen LogP) is 0.991. The lowest BCUT2D eigenvalue weighted by Gasteiger charge is -2.15. The molecular weight excluding hydrogens is 462 g/mol. The SMILES string of the molecule is Cn1c(=O)[nH]c(=O)c2c1nc(OC(=O)c1ccccc1)n2CC(O)COc1ccc([N+](=O)[O-])cc1. The Hall–Kier alpha value is -4.78. The Balaban J connectivity index is 1.61. The number of imidazole rings is 1. The molecule has 0 bridgehead atoms. The van der Waals surface area contributed by atoms with E-state index in [2.05, 4.69) is 9.97 Å². The molecule has 0 amide bonds. The average molecular weight is 481 g/mol. The molecule has 4 aromatic rings. The molecule has 0 radical (unpaired) electrons. The number of aromatic nitrogens is 4. The van der Waals surface area contributed by atoms with E-state index in [1.54, 1.807) is 18.2 Å². The van der Waals surface area contributed by atoms with E-state index in [0.717, 1.165) is 4.57 Å². The van der Waals surface area contributed by atoms with Crippen molar-refractivity contribution in [1.29, 1.82) is 0 Å². The fraction of sp³-hybridized carbons (Fsp3) is 0.182. The van der Waals surface area contributed by atoms with Crippen molar-refractivity contribution >= 4 is 22.8 Å². The number of hydrogen-bond acceptors (Lipinski definition) is 9. The number of aliphatic hydroxyl groups excluding tert-OH is 1. The van der Waals surface area contributed by atoms with Gasteiger partial charge in [-0.2, -0.15) is 4.98 Å². The molecule has 0 aliphatic carbocycles. The van der Waals surface area contributed by atoms with E-state index in [-0.39, 0.29) is 47.3 Å². The Labute approximate surface area is 195 Å². The predicted molar refractivity (Wildman–Crippen MR) is 122 cm³/mol. The minimum atomic E-state index is -1.21. The molecule has 1 unspecified atom stereocenters. The third-order valence-electron chi connectivity index (χ3n) is 5.05. The molecule has 180 valence electrons. The number of carbonyl (C=O) groups is 1. The maximum Gasteiger partial charge on any atom is 0.345 e. The van der Waals surface area contributed by atoms with Crippen LogP contribution in [0.5, 0.6) is 11.8 Å². The van der Waals surface area contributed by atoms with Crippen molar-refractivity contribution in [2.75, 3.05) is 6.61 Å². The number of hydrogen-bond donors (Lipinski definition) is 2. The summed E-state index contributed by atoms with van der Waals surface area (Å²) < 4.78 is 13.1. The van der Waals surface area contributed by atoms with E-state index in [0.29, 0.717) is 0 Å². The molecule has 4 rings (SSSR count). The summed E-state index contributed by atoms with van der Waals surface area (Å²) >= 11 is 0. The number of non-ortho nitro benzene ring substituents is 1. The first-order valence-electron chi connectivity index (χ1n) is 10.3. The molecular formula is C22H19N5O8. The van der Waals surface area contributed by atoms with Gasteiger partial charge in [0.1, 0.15) is 18.5 Å². The van der Waals surface area contributed by atoms with Gasteiger partial charge in [0.05, 0.1) is 17.0 Å². The fourth-order valence-corrected chi connectivity index (χ4v) is 3.30. The Bertz CT molecular complexity index is 1510. The van der Waals surface area contributed by atoms with Gasteiger partial charge in [-0.3, -0.25) is 29.0 Å². The quantitative estimate of drug-likeness (QED) is 0.211. The zero-order valence-electron chi connectivity index (χ0n) is 18.3. The Kier molecular flexibility index (Phi) is 6.42. The second-order valence-corrected chi connectivity index (χ2v) is 7.47. The van der Waals surface area contributed by atoms with Crippen LogP contribution in [0.4, 0.5) is 5.69 Å². The number of benzene rings is 2. The average Bonchev–Trinajstić information content (AvgIpc) is 3.20. The number of nitro groups is 1. The number of aliphatic hydroxyl groups is 1. The van der Waals surface area contributed by atoms with Crippen LogP contribution in [0.25, 0.3) is 11.2 Å². The number of H-pyrrole nitrogens is 1. The van der Waals surface area contributed by atoms with Crippen molar-refractivity contribution in [3.05, 3.63) is 91.1 Å². The lowest BCUT2D eigenvalue weighted by molar-refractivity contribution is -0.384. The second-order valence-electron chi connectivity index (χ2n) is 7.47. The number of esters is 1. The molecule has 2 heterocycles. The highest BCUT2D eigenvalue weighted by Crippen LogP contribution is 2.21. The lowest BCUT2D eigenvalue weighted by Crippen LogP contribution is -2.30. The molecule has 13 nitrogen and oxygen atoms in total. The van der Waals surface area contributed by atoms with Gasteiger partial charge in [0, 0.05) is 19.2 Å². The van der Waals surface area contributed by atoms with Crippen LogP contribution in [0.15, 0.2) is 64.2 Å². The fourth-order valence-electron chi connectivity index (χ4n) is 3.30. The maximum absolute atomic E-state index is 12.6. The molecule has 13 heteroatoms. The minimum absolute atomic E-state index is 0.0434. The van der Waals surface area contributed by atoms with E-state index in [1.165, 1.54) is 48.0 Å². The summed E-state index contributed by atoms with van der Waals surface area (Å²) in [6, 6.07) is 13.1. The van der Waals surface area contributed by atoms with Crippen molar-refractivity contribution in [3.63, 3.8) is 0 Å². The molecule has 0 spiro atoms. The van der Waals surface area contributed by atoms with Gasteiger partial charge in [0.25, 0.3) is 11.2 Å². The van der Waals surface area contributed by atoms with Crippen molar-refractivity contribution in [2.24, 2.45) is 7.05 Å². The Morgan fingerprint density at radius 1 is 1.17 bits per heavy atom. The first-order chi connectivity index (χ1) is 16.7. The van der Waals surface area contributed by atoms with Crippen LogP contribution in [0.2, 0.25) is 0 Å². The third kappa shape index (κ3) is 4.94. The molecule has 1 atom stereocenters. The van der Waals surface area contributed by atoms with E-state index in [9.17, 15) is 29.6 Å². The molecule has 0 aliphatic heterocycles. The summed E-state index contributed by atoms with van der Waals surface area (Å²) in [4.78, 5) is 53.7. The molecule has 0 saturated heterocycles. The van der Waals surface area contributed by atoms with Crippen LogP contribution in [0, 0.1) is 10.1 Å². The maximum atomic E-state index is 12.6. The molecule has 2 N–H and O–H groups in total. The van der Waals surface area contributed by atoms with E-state index in [4.69, 9.17) is 9.47 Å². The van der Waals surface area contributed by atoms with Gasteiger partial charge < -0.3 is 14.6 Å². The van der Waals surface area contributed by atoms with Gasteiger partial charge in [-0.25, -0.2) is 9.59 Å². The zero-order chi connectivity index (χ0) is 25.1. The summed E-state index contributed by atoms with van der Waals surface area (Å²) in [7, 11) is 1.38. The highest BCUT2D eigenvalue weighted by atomic mass is 16.6. The Morgan fingerprint density at radius 3 is 2.51 bits per heavy atom. The molecule has 0 saturated carbocycles. The number of nitrogens with zero attached hydrogens (tertiary/aromatic N) is 4. The van der Waals surface area contributed by atoms with Gasteiger partial charge in [-0.05, 0) is 24.3 Å². The minimum Gasteiger partial charge on any atom is -0.491 e. The van der Waals surface area contributed by atoms with Crippen molar-refractivity contribution < 1.29 is 24.3 Å². The monoisotopic (exact) mass is 481 g/mol. The number of rotatable bonds is 8. The summed E-state index contributed by atoms with van der Waals surface area (Å²) in [6.07, 6.45) is -1.21. The topological polar surface area (TPSA) is 172 Å². The number of aryl methyl sites for hydroxylation is 1. The largest absolute Gasteiger partial charge is 0.491 e. The van der Waals surface area contributed by atoms with Gasteiger partial charge in [-0.15, -0.1) is 0 Å². The number of carbonyl (C=O) groups excluding carboxylic acids is 1.